The number of amides is 1. The molecule has 4 bridgehead atoms. The van der Waals surface area contributed by atoms with E-state index in [9.17, 15) is 14.7 Å². The van der Waals surface area contributed by atoms with Gasteiger partial charge >= 0.3 is 5.97 Å². The van der Waals surface area contributed by atoms with Crippen molar-refractivity contribution in [3.8, 4) is 16.9 Å². The van der Waals surface area contributed by atoms with Crippen LogP contribution in [0.25, 0.3) is 11.1 Å². The predicted molar refractivity (Wildman–Crippen MR) is 182 cm³/mol. The number of hydrogen-bond acceptors (Lipinski definition) is 8. The Hall–Kier alpha value is -3.61. The number of carbonyl (C=O) groups is 2. The van der Waals surface area contributed by atoms with Crippen LogP contribution in [-0.2, 0) is 16.0 Å². The van der Waals surface area contributed by atoms with Crippen molar-refractivity contribution < 1.29 is 33.3 Å². The van der Waals surface area contributed by atoms with Gasteiger partial charge in [-0.25, -0.2) is 9.18 Å². The molecule has 4 atom stereocenters. The molecule has 0 aromatic heterocycles. The number of nitrogens with zero attached hydrogens (tertiary/aromatic N) is 4. The minimum atomic E-state index is -1.18. The number of rotatable bonds is 6. The van der Waals surface area contributed by atoms with Gasteiger partial charge in [-0.2, -0.15) is 0 Å². The van der Waals surface area contributed by atoms with Gasteiger partial charge in [0.1, 0.15) is 11.6 Å². The second-order valence-electron chi connectivity index (χ2n) is 13.9. The van der Waals surface area contributed by atoms with Crippen LogP contribution in [0.3, 0.4) is 0 Å². The molecule has 7 heterocycles. The van der Waals surface area contributed by atoms with Crippen molar-refractivity contribution in [1.29, 1.82) is 0 Å². The summed E-state index contributed by atoms with van der Waals surface area (Å²) in [6, 6.07) is 13.1. The van der Waals surface area contributed by atoms with Crippen molar-refractivity contribution in [3.63, 3.8) is 0 Å². The number of fused-ring (bicyclic) bond motifs is 5. The van der Waals surface area contributed by atoms with E-state index in [1.165, 1.54) is 4.90 Å². The van der Waals surface area contributed by atoms with Gasteiger partial charge in [0.15, 0.2) is 6.73 Å². The molecular weight excluding hydrogens is 674 g/mol. The molecule has 10 rings (SSSR count). The van der Waals surface area contributed by atoms with Crippen molar-refractivity contribution in [3.05, 3.63) is 75.0 Å². The van der Waals surface area contributed by atoms with Gasteiger partial charge in [0.2, 0.25) is 0 Å². The molecule has 0 saturated carbocycles. The van der Waals surface area contributed by atoms with E-state index in [4.69, 9.17) is 37.4 Å². The fourth-order valence-electron chi connectivity index (χ4n) is 8.66. The zero-order valence-corrected chi connectivity index (χ0v) is 28.1. The molecule has 256 valence electrons. The van der Waals surface area contributed by atoms with Gasteiger partial charge in [-0.15, -0.1) is 0 Å². The van der Waals surface area contributed by atoms with E-state index in [0.717, 1.165) is 57.3 Å². The smallest absolute Gasteiger partial charge is 0.337 e. The highest BCUT2D eigenvalue weighted by atomic mass is 35.5. The van der Waals surface area contributed by atoms with Crippen LogP contribution in [-0.4, -0.2) is 103 Å². The van der Waals surface area contributed by atoms with Crippen molar-refractivity contribution in [1.82, 2.24) is 9.80 Å². The Bertz CT molecular complexity index is 1820. The summed E-state index contributed by atoms with van der Waals surface area (Å²) in [7, 11) is 0. The first-order chi connectivity index (χ1) is 23.7. The fraction of sp³-hybridized carbons (Fsp3) is 0.444. The van der Waals surface area contributed by atoms with Gasteiger partial charge in [0.05, 0.1) is 78.0 Å². The number of hydrogen-bond donors (Lipinski definition) is 1. The number of carbonyl (C=O) groups excluding carboxylic acids is 1. The minimum absolute atomic E-state index is 0.0341. The molecule has 0 radical (unpaired) electrons. The predicted octanol–water partition coefficient (Wildman–Crippen LogP) is 5.52. The summed E-state index contributed by atoms with van der Waals surface area (Å²) in [6.45, 7) is 4.64. The van der Waals surface area contributed by atoms with Crippen molar-refractivity contribution in [2.75, 3.05) is 56.0 Å². The first-order valence-corrected chi connectivity index (χ1v) is 17.6. The summed E-state index contributed by atoms with van der Waals surface area (Å²) >= 11 is 13.6. The summed E-state index contributed by atoms with van der Waals surface area (Å²) in [4.78, 5) is 34.6. The lowest BCUT2D eigenvalue weighted by Gasteiger charge is -2.59. The maximum atomic E-state index is 15.7. The fourth-order valence-corrected chi connectivity index (χ4v) is 9.30. The number of benzene rings is 3. The number of ether oxygens (including phenoxy) is 3. The summed E-state index contributed by atoms with van der Waals surface area (Å²) in [5.41, 5.74) is 2.95. The van der Waals surface area contributed by atoms with Crippen LogP contribution in [0.2, 0.25) is 10.0 Å². The second-order valence-corrected chi connectivity index (χ2v) is 14.7. The lowest BCUT2D eigenvalue weighted by molar-refractivity contribution is -0.0846. The largest absolute Gasteiger partial charge is 0.478 e. The monoisotopic (exact) mass is 708 g/mol. The molecule has 4 unspecified atom stereocenters. The molecule has 10 nitrogen and oxygen atoms in total. The Morgan fingerprint density at radius 2 is 1.51 bits per heavy atom. The SMILES string of the molecule is O=C(O)c1cc(F)c(-c2cccc3c2OCN(C(=O)c2c(Cl)cc(N4C5CC4CN(C4COC4)C5)cc2Cl)C3)cc1N1C2CCC1COC2. The molecule has 1 amide bonds. The zero-order chi connectivity index (χ0) is 33.6. The summed E-state index contributed by atoms with van der Waals surface area (Å²) in [6.07, 6.45) is 2.89. The quantitative estimate of drug-likeness (QED) is 0.355. The third-order valence-electron chi connectivity index (χ3n) is 11.1. The van der Waals surface area contributed by atoms with Gasteiger partial charge in [0, 0.05) is 47.6 Å². The number of anilines is 2. The molecule has 7 aliphatic heterocycles. The molecule has 3 aromatic carbocycles. The molecule has 6 saturated heterocycles. The van der Waals surface area contributed by atoms with Gasteiger partial charge < -0.3 is 34.0 Å². The third kappa shape index (κ3) is 5.16. The lowest BCUT2D eigenvalue weighted by atomic mass is 9.85. The van der Waals surface area contributed by atoms with Crippen LogP contribution >= 0.6 is 23.2 Å². The Morgan fingerprint density at radius 1 is 0.837 bits per heavy atom. The van der Waals surface area contributed by atoms with Gasteiger partial charge in [-0.05, 0) is 43.5 Å². The molecular formula is C36H35Cl2FN4O6. The van der Waals surface area contributed by atoms with Crippen molar-refractivity contribution >= 4 is 46.5 Å². The number of halogens is 3. The number of morpholine rings is 1. The maximum absolute atomic E-state index is 15.7. The van der Waals surface area contributed by atoms with Crippen LogP contribution in [0.5, 0.6) is 5.75 Å². The third-order valence-corrected chi connectivity index (χ3v) is 11.7. The van der Waals surface area contributed by atoms with E-state index in [1.807, 2.05) is 18.2 Å². The van der Waals surface area contributed by atoms with Crippen LogP contribution in [0.4, 0.5) is 15.8 Å². The number of piperidine rings is 1. The zero-order valence-electron chi connectivity index (χ0n) is 26.6. The molecule has 0 aliphatic carbocycles. The first-order valence-electron chi connectivity index (χ1n) is 16.8. The lowest BCUT2D eigenvalue weighted by Crippen LogP contribution is -2.72. The van der Waals surface area contributed by atoms with E-state index in [-0.39, 0.29) is 58.0 Å². The highest BCUT2D eigenvalue weighted by Crippen LogP contribution is 2.45. The molecule has 3 aromatic rings. The summed E-state index contributed by atoms with van der Waals surface area (Å²) in [5.74, 6) is -1.76. The average molecular weight is 710 g/mol. The van der Waals surface area contributed by atoms with Gasteiger partial charge in [-0.1, -0.05) is 41.4 Å². The van der Waals surface area contributed by atoms with Gasteiger partial charge in [0.25, 0.3) is 5.91 Å². The second kappa shape index (κ2) is 12.0. The molecule has 49 heavy (non-hydrogen) atoms. The Morgan fingerprint density at radius 3 is 2.16 bits per heavy atom. The van der Waals surface area contributed by atoms with Gasteiger partial charge in [-0.3, -0.25) is 9.69 Å². The van der Waals surface area contributed by atoms with Crippen LogP contribution in [0.15, 0.2) is 42.5 Å². The summed E-state index contributed by atoms with van der Waals surface area (Å²) < 4.78 is 33.0. The highest BCUT2D eigenvalue weighted by Gasteiger charge is 2.47. The van der Waals surface area contributed by atoms with E-state index >= 15 is 4.39 Å². The van der Waals surface area contributed by atoms with E-state index in [2.05, 4.69) is 14.7 Å². The standard InChI is InChI=1S/C36H35Cl2FN4O6/c37-29-7-22(42-23-6-24(42)13-40(12-23)25-16-48-17-25)8-30(38)33(29)35(44)41-11-19-2-1-3-26(34(19)49-18-41)27-10-32(28(36(45)46)9-31(27)39)43-20-4-5-21(43)15-47-14-20/h1-3,7-10,20-21,23-25H,4-6,11-18H2,(H,45,46). The molecule has 0 spiro atoms. The number of carboxylic acids is 1. The maximum Gasteiger partial charge on any atom is 0.337 e. The molecule has 6 fully saturated rings. The van der Waals surface area contributed by atoms with Crippen molar-refractivity contribution in [2.24, 2.45) is 0 Å². The van der Waals surface area contributed by atoms with E-state index < -0.39 is 11.8 Å². The first kappa shape index (κ1) is 31.4. The minimum Gasteiger partial charge on any atom is -0.478 e. The number of aromatic carboxylic acids is 1. The molecule has 1 N–H and O–H groups in total. The number of carboxylic acid groups (broad SMARTS) is 1. The summed E-state index contributed by atoms with van der Waals surface area (Å²) in [5, 5.41) is 10.6. The van der Waals surface area contributed by atoms with Crippen LogP contribution < -0.4 is 14.5 Å². The molecule has 7 aliphatic rings. The highest BCUT2D eigenvalue weighted by molar-refractivity contribution is 6.40. The average Bonchev–Trinajstić information content (AvgIpc) is 3.29. The van der Waals surface area contributed by atoms with Crippen LogP contribution in [0.1, 0.15) is 45.5 Å². The normalized spacial score (nSPS) is 26.1. The van der Waals surface area contributed by atoms with Crippen LogP contribution in [0, 0.1) is 5.82 Å². The number of piperazine rings is 1. The van der Waals surface area contributed by atoms with E-state index in [0.29, 0.717) is 53.9 Å². The van der Waals surface area contributed by atoms with Crippen molar-refractivity contribution in [2.45, 2.75) is 56.0 Å². The van der Waals surface area contributed by atoms with E-state index in [1.54, 1.807) is 18.2 Å². The number of para-hydroxylation sites is 1. The Labute approximate surface area is 292 Å². The topological polar surface area (TPSA) is 95.0 Å². The Balaban J connectivity index is 0.968. The Kier molecular flexibility index (Phi) is 7.70. The molecule has 13 heteroatoms.